The van der Waals surface area contributed by atoms with Crippen LogP contribution in [0.2, 0.25) is 5.02 Å². The van der Waals surface area contributed by atoms with E-state index in [2.05, 4.69) is 0 Å². The molecule has 0 aliphatic heterocycles. The van der Waals surface area contributed by atoms with Crippen molar-refractivity contribution in [3.63, 3.8) is 0 Å². The average Bonchev–Trinajstić information content (AvgIpc) is 2.17. The monoisotopic (exact) mass is 262 g/mol. The van der Waals surface area contributed by atoms with E-state index < -0.39 is 15.8 Å². The number of sulfone groups is 1. The van der Waals surface area contributed by atoms with Gasteiger partial charge in [0, 0.05) is 0 Å². The van der Waals surface area contributed by atoms with E-state index in [0.717, 1.165) is 6.07 Å². The number of carboxylic acids is 1. The molecule has 4 nitrogen and oxygen atoms in total. The Morgan fingerprint density at radius 2 is 2.06 bits per heavy atom. The molecule has 0 saturated carbocycles. The molecule has 0 fully saturated rings. The van der Waals surface area contributed by atoms with Crippen LogP contribution >= 0.6 is 11.6 Å². The lowest BCUT2D eigenvalue weighted by Gasteiger charge is -2.05. The predicted octanol–water partition coefficient (Wildman–Crippen LogP) is 2.22. The van der Waals surface area contributed by atoms with Crippen LogP contribution in [-0.2, 0) is 9.84 Å². The minimum absolute atomic E-state index is 0.00356. The normalized spacial score (nSPS) is 11.4. The summed E-state index contributed by atoms with van der Waals surface area (Å²) in [5.74, 6) is -1.24. The van der Waals surface area contributed by atoms with Gasteiger partial charge in [-0.3, -0.25) is 0 Å². The van der Waals surface area contributed by atoms with Crippen LogP contribution in [0.5, 0.6) is 0 Å². The highest BCUT2D eigenvalue weighted by Gasteiger charge is 2.17. The van der Waals surface area contributed by atoms with Crippen molar-refractivity contribution < 1.29 is 18.3 Å². The Balaban J connectivity index is 3.28. The number of benzene rings is 1. The maximum absolute atomic E-state index is 11.7. The second kappa shape index (κ2) is 4.84. The molecule has 88 valence electrons. The molecule has 1 aromatic carbocycles. The molecule has 1 aromatic rings. The molecular formula is C10H11ClO4S. The summed E-state index contributed by atoms with van der Waals surface area (Å²) in [5.41, 5.74) is -0.196. The van der Waals surface area contributed by atoms with Crippen molar-refractivity contribution in [3.8, 4) is 0 Å². The van der Waals surface area contributed by atoms with E-state index in [1.54, 1.807) is 6.92 Å². The van der Waals surface area contributed by atoms with E-state index in [1.807, 2.05) is 0 Å². The lowest BCUT2D eigenvalue weighted by molar-refractivity contribution is 0.0697. The van der Waals surface area contributed by atoms with E-state index in [-0.39, 0.29) is 21.2 Å². The highest BCUT2D eigenvalue weighted by molar-refractivity contribution is 7.91. The topological polar surface area (TPSA) is 71.4 Å². The molecule has 0 radical (unpaired) electrons. The van der Waals surface area contributed by atoms with Crippen molar-refractivity contribution in [2.45, 2.75) is 18.2 Å². The van der Waals surface area contributed by atoms with Gasteiger partial charge in [-0.2, -0.15) is 0 Å². The van der Waals surface area contributed by atoms with Crippen LogP contribution in [0.15, 0.2) is 23.1 Å². The van der Waals surface area contributed by atoms with Crippen LogP contribution < -0.4 is 0 Å². The van der Waals surface area contributed by atoms with Gasteiger partial charge in [0.2, 0.25) is 0 Å². The fourth-order valence-corrected chi connectivity index (χ4v) is 2.79. The van der Waals surface area contributed by atoms with Gasteiger partial charge in [-0.25, -0.2) is 13.2 Å². The first kappa shape index (κ1) is 13.0. The molecule has 0 amide bonds. The molecule has 1 N–H and O–H groups in total. The molecule has 0 saturated heterocycles. The van der Waals surface area contributed by atoms with Gasteiger partial charge in [-0.15, -0.1) is 0 Å². The first-order valence-corrected chi connectivity index (χ1v) is 6.67. The van der Waals surface area contributed by atoms with Crippen LogP contribution in [0.3, 0.4) is 0 Å². The summed E-state index contributed by atoms with van der Waals surface area (Å²) in [4.78, 5) is 10.8. The minimum Gasteiger partial charge on any atom is -0.478 e. The maximum atomic E-state index is 11.7. The van der Waals surface area contributed by atoms with Gasteiger partial charge in [0.25, 0.3) is 0 Å². The summed E-state index contributed by atoms with van der Waals surface area (Å²) in [6.07, 6.45) is 0.480. The third-order valence-corrected chi connectivity index (χ3v) is 4.25. The number of hydrogen-bond donors (Lipinski definition) is 1. The van der Waals surface area contributed by atoms with Gasteiger partial charge in [0.15, 0.2) is 9.84 Å². The molecule has 0 aromatic heterocycles. The zero-order valence-corrected chi connectivity index (χ0v) is 10.2. The Bertz CT molecular complexity index is 508. The fourth-order valence-electron chi connectivity index (χ4n) is 1.25. The Labute approximate surface area is 98.8 Å². The summed E-state index contributed by atoms with van der Waals surface area (Å²) < 4.78 is 23.4. The molecule has 0 unspecified atom stereocenters. The number of halogens is 1. The SMILES string of the molecule is CCCS(=O)(=O)c1ccc(Cl)c(C(=O)O)c1. The molecule has 0 atom stereocenters. The lowest BCUT2D eigenvalue weighted by Crippen LogP contribution is -2.08. The van der Waals surface area contributed by atoms with Gasteiger partial charge in [-0.05, 0) is 24.6 Å². The van der Waals surface area contributed by atoms with Gasteiger partial charge in [0.05, 0.1) is 21.2 Å². The second-order valence-electron chi connectivity index (χ2n) is 3.27. The summed E-state index contributed by atoms with van der Waals surface area (Å²) in [7, 11) is -3.41. The highest BCUT2D eigenvalue weighted by atomic mass is 35.5. The number of aromatic carboxylic acids is 1. The number of hydrogen-bond acceptors (Lipinski definition) is 3. The van der Waals surface area contributed by atoms with Crippen LogP contribution in [0.25, 0.3) is 0 Å². The Morgan fingerprint density at radius 3 is 2.56 bits per heavy atom. The number of rotatable bonds is 4. The zero-order chi connectivity index (χ0) is 12.3. The molecule has 0 spiro atoms. The molecule has 0 aliphatic rings. The van der Waals surface area contributed by atoms with Gasteiger partial charge >= 0.3 is 5.97 Å². The highest BCUT2D eigenvalue weighted by Crippen LogP contribution is 2.21. The quantitative estimate of drug-likeness (QED) is 0.903. The Kier molecular flexibility index (Phi) is 3.93. The smallest absolute Gasteiger partial charge is 0.337 e. The first-order valence-electron chi connectivity index (χ1n) is 4.64. The van der Waals surface area contributed by atoms with Crippen molar-refractivity contribution in [1.29, 1.82) is 0 Å². The third kappa shape index (κ3) is 2.74. The predicted molar refractivity (Wildman–Crippen MR) is 60.8 cm³/mol. The Morgan fingerprint density at radius 1 is 1.44 bits per heavy atom. The van der Waals surface area contributed by atoms with Crippen LogP contribution in [0.4, 0.5) is 0 Å². The zero-order valence-electron chi connectivity index (χ0n) is 8.60. The van der Waals surface area contributed by atoms with Gasteiger partial charge in [-0.1, -0.05) is 18.5 Å². The number of carbonyl (C=O) groups is 1. The summed E-state index contributed by atoms with van der Waals surface area (Å²) in [6.45, 7) is 1.74. The molecule has 16 heavy (non-hydrogen) atoms. The van der Waals surface area contributed by atoms with Crippen molar-refractivity contribution in [2.24, 2.45) is 0 Å². The summed E-state index contributed by atoms with van der Waals surface area (Å²) >= 11 is 5.64. The van der Waals surface area contributed by atoms with Crippen LogP contribution in [-0.4, -0.2) is 25.2 Å². The van der Waals surface area contributed by atoms with Gasteiger partial charge < -0.3 is 5.11 Å². The van der Waals surface area contributed by atoms with E-state index in [4.69, 9.17) is 16.7 Å². The van der Waals surface area contributed by atoms with E-state index in [1.165, 1.54) is 12.1 Å². The molecule has 0 aliphatic carbocycles. The van der Waals surface area contributed by atoms with E-state index in [0.29, 0.717) is 6.42 Å². The van der Waals surface area contributed by atoms with Crippen molar-refractivity contribution in [1.82, 2.24) is 0 Å². The number of carboxylic acid groups (broad SMARTS) is 1. The van der Waals surface area contributed by atoms with Crippen LogP contribution in [0.1, 0.15) is 23.7 Å². The molecule has 1 rings (SSSR count). The molecular weight excluding hydrogens is 252 g/mol. The van der Waals surface area contributed by atoms with Crippen molar-refractivity contribution >= 4 is 27.4 Å². The Hall–Kier alpha value is -1.07. The fraction of sp³-hybridized carbons (Fsp3) is 0.300. The third-order valence-electron chi connectivity index (χ3n) is 2.00. The largest absolute Gasteiger partial charge is 0.478 e. The molecule has 6 heteroatoms. The summed E-state index contributed by atoms with van der Waals surface area (Å²) in [5, 5.41) is 8.84. The lowest BCUT2D eigenvalue weighted by atomic mass is 10.2. The molecule has 0 heterocycles. The van der Waals surface area contributed by atoms with E-state index >= 15 is 0 Å². The maximum Gasteiger partial charge on any atom is 0.337 e. The average molecular weight is 263 g/mol. The first-order chi connectivity index (χ1) is 7.38. The van der Waals surface area contributed by atoms with Gasteiger partial charge in [0.1, 0.15) is 0 Å². The van der Waals surface area contributed by atoms with Crippen molar-refractivity contribution in [3.05, 3.63) is 28.8 Å². The second-order valence-corrected chi connectivity index (χ2v) is 5.78. The standard InChI is InChI=1S/C10H11ClO4S/c1-2-5-16(14,15)7-3-4-9(11)8(6-7)10(12)13/h3-4,6H,2,5H2,1H3,(H,12,13). The minimum atomic E-state index is -3.41. The van der Waals surface area contributed by atoms with E-state index in [9.17, 15) is 13.2 Å². The van der Waals surface area contributed by atoms with Crippen molar-refractivity contribution in [2.75, 3.05) is 5.75 Å². The summed E-state index contributed by atoms with van der Waals surface area (Å²) in [6, 6.07) is 3.70. The van der Waals surface area contributed by atoms with Crippen LogP contribution in [0, 0.1) is 0 Å². The molecule has 0 bridgehead atoms.